The third kappa shape index (κ3) is 11.7. The van der Waals surface area contributed by atoms with E-state index >= 15 is 0 Å². The van der Waals surface area contributed by atoms with Gasteiger partial charge in [0.1, 0.15) is 0 Å². The second-order valence-electron chi connectivity index (χ2n) is 27.0. The van der Waals surface area contributed by atoms with Crippen molar-refractivity contribution in [2.24, 2.45) is 0 Å². The Morgan fingerprint density at radius 1 is 0.284 bits per heavy atom. The van der Waals surface area contributed by atoms with E-state index in [-0.39, 0.29) is 5.41 Å². The Morgan fingerprint density at radius 2 is 0.611 bits per heavy atom. The maximum Gasteiger partial charge on any atom is 0.151 e. The highest BCUT2D eigenvalue weighted by atomic mass is 16.5. The standard InChI is InChI=1S/C55H60N2O2.C33H26N2O/c1-5-7-9-11-13-19-33-55(34-20-14-12-10-8-6-2)45-37-41(56-47-21-15-17-23-51(47)58-53-35-39(3)25-31-49(53)56)27-29-43(45)44-30-28-42(38-46(44)55)57-48-22-16-18-24-52(48)59-54-36-40(4)26-32-50(54)57;1-22-11-17-29-25(19-22)21-24-7-3-4-8-28(24)34(29)26-13-15-27(16-14-26)35-30-9-5-6-10-32(30)36-33-20-23(2)12-18-31(33)35/h15-18,21-32,35-38H,5-14,19-20,33-34H2,1-4H3;3-20H,21H2,1-2H3. The minimum Gasteiger partial charge on any atom is -0.453 e. The summed E-state index contributed by atoms with van der Waals surface area (Å²) in [6.45, 7) is 13.2. The molecule has 0 fully saturated rings. The average Bonchev–Trinajstić information content (AvgIpc) is 1.57. The fourth-order valence-electron chi connectivity index (χ4n) is 15.6. The van der Waals surface area contributed by atoms with Crippen LogP contribution >= 0.6 is 0 Å². The zero-order valence-corrected chi connectivity index (χ0v) is 56.1. The third-order valence-corrected chi connectivity index (χ3v) is 20.3. The zero-order chi connectivity index (χ0) is 64.6. The van der Waals surface area contributed by atoms with Gasteiger partial charge in [-0.15, -0.1) is 0 Å². The van der Waals surface area contributed by atoms with Gasteiger partial charge in [-0.1, -0.05) is 194 Å². The summed E-state index contributed by atoms with van der Waals surface area (Å²) in [6.07, 6.45) is 18.7. The number of hydrogen-bond acceptors (Lipinski definition) is 7. The van der Waals surface area contributed by atoms with Crippen LogP contribution in [0.15, 0.2) is 231 Å². The van der Waals surface area contributed by atoms with Crippen LogP contribution in [0.25, 0.3) is 11.1 Å². The van der Waals surface area contributed by atoms with E-state index in [2.05, 4.69) is 280 Å². The molecule has 0 spiro atoms. The summed E-state index contributed by atoms with van der Waals surface area (Å²) in [6, 6.07) is 84.0. The first-order valence-corrected chi connectivity index (χ1v) is 35.0. The van der Waals surface area contributed by atoms with Crippen molar-refractivity contribution in [1.29, 1.82) is 0 Å². The maximum atomic E-state index is 6.55. The summed E-state index contributed by atoms with van der Waals surface area (Å²) in [5.74, 6) is 5.35. The first-order valence-electron chi connectivity index (χ1n) is 35.0. The highest BCUT2D eigenvalue weighted by Crippen LogP contribution is 2.60. The number of rotatable bonds is 18. The van der Waals surface area contributed by atoms with Gasteiger partial charge in [0.05, 0.1) is 34.1 Å². The first kappa shape index (κ1) is 61.2. The van der Waals surface area contributed by atoms with Crippen LogP contribution in [0.5, 0.6) is 34.5 Å². The van der Waals surface area contributed by atoms with Crippen molar-refractivity contribution in [1.82, 2.24) is 0 Å². The van der Waals surface area contributed by atoms with Crippen molar-refractivity contribution in [3.63, 3.8) is 0 Å². The van der Waals surface area contributed by atoms with Gasteiger partial charge in [-0.3, -0.25) is 0 Å². The lowest BCUT2D eigenvalue weighted by Gasteiger charge is -2.37. The second kappa shape index (κ2) is 26.4. The second-order valence-corrected chi connectivity index (χ2v) is 27.0. The van der Waals surface area contributed by atoms with Gasteiger partial charge in [-0.05, 0) is 224 Å². The van der Waals surface area contributed by atoms with E-state index in [0.717, 1.165) is 99.3 Å². The number of ether oxygens (including phenoxy) is 3. The molecule has 0 N–H and O–H groups in total. The Labute approximate surface area is 562 Å². The number of fused-ring (bicyclic) bond motifs is 11. The maximum absolute atomic E-state index is 6.55. The summed E-state index contributed by atoms with van der Waals surface area (Å²) in [5.41, 5.74) is 26.8. The number of unbranched alkanes of at least 4 members (excludes halogenated alkanes) is 10. The third-order valence-electron chi connectivity index (χ3n) is 20.3. The lowest BCUT2D eigenvalue weighted by atomic mass is 9.70. The zero-order valence-electron chi connectivity index (χ0n) is 56.1. The normalized spacial score (nSPS) is 13.7. The van der Waals surface area contributed by atoms with Gasteiger partial charge in [0.15, 0.2) is 34.5 Å². The predicted molar refractivity (Wildman–Crippen MR) is 396 cm³/mol. The lowest BCUT2D eigenvalue weighted by Crippen LogP contribution is -2.26. The van der Waals surface area contributed by atoms with Crippen LogP contribution in [-0.4, -0.2) is 0 Å². The molecule has 7 heteroatoms. The first-order chi connectivity index (χ1) is 46.6. The van der Waals surface area contributed by atoms with Gasteiger partial charge in [-0.2, -0.15) is 0 Å². The van der Waals surface area contributed by atoms with E-state index in [9.17, 15) is 0 Å². The summed E-state index contributed by atoms with van der Waals surface area (Å²) in [5, 5.41) is 0. The van der Waals surface area contributed by atoms with Gasteiger partial charge in [0.25, 0.3) is 0 Å². The van der Waals surface area contributed by atoms with E-state index in [1.54, 1.807) is 0 Å². The van der Waals surface area contributed by atoms with Crippen molar-refractivity contribution in [3.05, 3.63) is 275 Å². The van der Waals surface area contributed by atoms with Gasteiger partial charge in [-0.25, -0.2) is 0 Å². The Balaban J connectivity index is 0.000000175. The van der Waals surface area contributed by atoms with Gasteiger partial charge in [0.2, 0.25) is 0 Å². The Bertz CT molecular complexity index is 4350. The van der Waals surface area contributed by atoms with Gasteiger partial charge < -0.3 is 33.8 Å². The number of nitrogens with zero attached hydrogens (tertiary/aromatic N) is 4. The molecule has 1 aliphatic carbocycles. The summed E-state index contributed by atoms with van der Waals surface area (Å²) >= 11 is 0. The van der Waals surface area contributed by atoms with Crippen LogP contribution in [0.1, 0.15) is 148 Å². The molecule has 0 unspecified atom stereocenters. The molecule has 11 aromatic rings. The highest BCUT2D eigenvalue weighted by molar-refractivity contribution is 5.94. The van der Waals surface area contributed by atoms with E-state index < -0.39 is 0 Å². The molecule has 0 amide bonds. The van der Waals surface area contributed by atoms with Crippen molar-refractivity contribution < 1.29 is 14.2 Å². The molecule has 5 aliphatic rings. The number of aryl methyl sites for hydroxylation is 4. The van der Waals surface area contributed by atoms with Crippen LogP contribution < -0.4 is 33.8 Å². The van der Waals surface area contributed by atoms with Crippen LogP contribution in [0, 0.1) is 27.7 Å². The fourth-order valence-corrected chi connectivity index (χ4v) is 15.6. The van der Waals surface area contributed by atoms with Crippen molar-refractivity contribution >= 4 is 68.2 Å². The Kier molecular flexibility index (Phi) is 17.0. The number of anilines is 12. The Morgan fingerprint density at radius 3 is 1.05 bits per heavy atom. The van der Waals surface area contributed by atoms with Crippen LogP contribution in [-0.2, 0) is 11.8 Å². The number of benzene rings is 11. The minimum absolute atomic E-state index is 0.115. The topological polar surface area (TPSA) is 40.7 Å². The predicted octanol–water partition coefficient (Wildman–Crippen LogP) is 26.5. The largest absolute Gasteiger partial charge is 0.453 e. The quantitative estimate of drug-likeness (QED) is 0.0793. The van der Waals surface area contributed by atoms with Crippen LogP contribution in [0.4, 0.5) is 68.2 Å². The van der Waals surface area contributed by atoms with E-state index in [1.165, 1.54) is 155 Å². The monoisotopic (exact) mass is 1250 g/mol. The molecule has 7 nitrogen and oxygen atoms in total. The molecule has 11 aromatic carbocycles. The minimum atomic E-state index is -0.115. The van der Waals surface area contributed by atoms with Crippen molar-refractivity contribution in [2.75, 3.05) is 19.6 Å². The van der Waals surface area contributed by atoms with E-state index in [4.69, 9.17) is 14.2 Å². The molecule has 95 heavy (non-hydrogen) atoms. The molecule has 0 saturated carbocycles. The summed E-state index contributed by atoms with van der Waals surface area (Å²) < 4.78 is 19.4. The van der Waals surface area contributed by atoms with E-state index in [0.29, 0.717) is 0 Å². The number of hydrogen-bond donors (Lipinski definition) is 0. The fraction of sp³-hybridized carbons (Fsp3) is 0.250. The number of para-hydroxylation sites is 7. The van der Waals surface area contributed by atoms with Crippen molar-refractivity contribution in [2.45, 2.75) is 143 Å². The summed E-state index contributed by atoms with van der Waals surface area (Å²) in [4.78, 5) is 9.55. The molecule has 476 valence electrons. The van der Waals surface area contributed by atoms with Gasteiger partial charge in [0, 0.05) is 46.0 Å². The Hall–Kier alpha value is -9.98. The molecule has 0 atom stereocenters. The molecule has 16 rings (SSSR count). The van der Waals surface area contributed by atoms with Crippen molar-refractivity contribution in [3.8, 4) is 45.6 Å². The molecule has 0 bridgehead atoms. The molecular weight excluding hydrogens is 1160 g/mol. The molecule has 0 radical (unpaired) electrons. The lowest BCUT2D eigenvalue weighted by molar-refractivity contribution is 0.398. The van der Waals surface area contributed by atoms with Gasteiger partial charge >= 0.3 is 0 Å². The molecule has 4 heterocycles. The SMILES string of the molecule is CCCCCCCCC1(CCCCCCCC)c2cc(N3c4ccccc4Oc4cc(C)ccc43)ccc2-c2ccc(N3c4ccccc4Oc4cc(C)ccc43)cc21.Cc1ccc2c(c1)Cc1ccccc1N2c1ccc(N2c3ccccc3Oc3cc(C)ccc32)cc1. The van der Waals surface area contributed by atoms with E-state index in [1.807, 2.05) is 12.1 Å². The molecule has 0 saturated heterocycles. The summed E-state index contributed by atoms with van der Waals surface area (Å²) in [7, 11) is 0. The van der Waals surface area contributed by atoms with Crippen LogP contribution in [0.2, 0.25) is 0 Å². The smallest absolute Gasteiger partial charge is 0.151 e. The molecule has 0 aromatic heterocycles. The van der Waals surface area contributed by atoms with Crippen LogP contribution in [0.3, 0.4) is 0 Å². The highest BCUT2D eigenvalue weighted by Gasteiger charge is 2.44. The average molecular weight is 1250 g/mol. The molecular formula is C88H86N4O3. The molecule has 4 aliphatic heterocycles.